The van der Waals surface area contributed by atoms with Crippen LogP contribution in [0.3, 0.4) is 0 Å². The highest BCUT2D eigenvalue weighted by atomic mass is 16.2. The van der Waals surface area contributed by atoms with E-state index in [1.807, 2.05) is 42.5 Å². The zero-order valence-electron chi connectivity index (χ0n) is 14.2. The third-order valence-corrected chi connectivity index (χ3v) is 3.87. The van der Waals surface area contributed by atoms with Crippen LogP contribution in [0.5, 0.6) is 0 Å². The number of H-pyrrole nitrogens is 1. The molecule has 26 heavy (non-hydrogen) atoms. The first-order valence-electron chi connectivity index (χ1n) is 8.45. The van der Waals surface area contributed by atoms with Crippen molar-refractivity contribution in [3.63, 3.8) is 0 Å². The summed E-state index contributed by atoms with van der Waals surface area (Å²) in [6, 6.07) is 16.6. The highest BCUT2D eigenvalue weighted by Crippen LogP contribution is 2.14. The standard InChI is InChI=1S/C20H20N4O2/c25-19(23-13-5-12-22-16-8-4-11-21-14-16)17-9-10-18(24-20(17)26)15-6-2-1-3-7-15/h1-4,6-11,14,22H,5,12-13H2,(H,23,25)(H,24,26). The number of anilines is 1. The minimum absolute atomic E-state index is 0.116. The van der Waals surface area contributed by atoms with Gasteiger partial charge in [-0.2, -0.15) is 0 Å². The molecule has 2 heterocycles. The van der Waals surface area contributed by atoms with E-state index >= 15 is 0 Å². The van der Waals surface area contributed by atoms with Crippen LogP contribution in [-0.4, -0.2) is 29.0 Å². The highest BCUT2D eigenvalue weighted by Gasteiger charge is 2.10. The van der Waals surface area contributed by atoms with Crippen molar-refractivity contribution < 1.29 is 4.79 Å². The van der Waals surface area contributed by atoms with Crippen LogP contribution in [0.4, 0.5) is 5.69 Å². The molecule has 0 aliphatic heterocycles. The van der Waals surface area contributed by atoms with Crippen molar-refractivity contribution in [2.45, 2.75) is 6.42 Å². The number of carbonyl (C=O) groups excluding carboxylic acids is 1. The average molecular weight is 348 g/mol. The maximum atomic E-state index is 12.2. The fraction of sp³-hybridized carbons (Fsp3) is 0.150. The van der Waals surface area contributed by atoms with E-state index in [1.165, 1.54) is 0 Å². The molecule has 0 aliphatic rings. The van der Waals surface area contributed by atoms with Gasteiger partial charge in [0, 0.05) is 31.2 Å². The average Bonchev–Trinajstić information content (AvgIpc) is 2.69. The Balaban J connectivity index is 1.51. The third-order valence-electron chi connectivity index (χ3n) is 3.87. The molecule has 1 aromatic carbocycles. The Bertz CT molecular complexity index is 908. The lowest BCUT2D eigenvalue weighted by molar-refractivity contribution is 0.0952. The Morgan fingerprint density at radius 2 is 1.85 bits per heavy atom. The Morgan fingerprint density at radius 1 is 1.00 bits per heavy atom. The molecule has 0 atom stereocenters. The van der Waals surface area contributed by atoms with Crippen molar-refractivity contribution >= 4 is 11.6 Å². The fourth-order valence-electron chi connectivity index (χ4n) is 2.52. The smallest absolute Gasteiger partial charge is 0.261 e. The SMILES string of the molecule is O=C(NCCCNc1cccnc1)c1ccc(-c2ccccc2)[nH]c1=O. The first kappa shape index (κ1) is 17.4. The van der Waals surface area contributed by atoms with Gasteiger partial charge in [0.15, 0.2) is 0 Å². The number of benzene rings is 1. The van der Waals surface area contributed by atoms with E-state index in [0.29, 0.717) is 18.8 Å². The molecule has 2 aromatic heterocycles. The molecular formula is C20H20N4O2. The predicted octanol–water partition coefficient (Wildman–Crippen LogP) is 2.67. The molecule has 0 spiro atoms. The number of rotatable bonds is 7. The summed E-state index contributed by atoms with van der Waals surface area (Å²) in [6.07, 6.45) is 4.19. The van der Waals surface area contributed by atoms with Gasteiger partial charge in [-0.1, -0.05) is 30.3 Å². The molecule has 1 amide bonds. The van der Waals surface area contributed by atoms with Crippen LogP contribution < -0.4 is 16.2 Å². The lowest BCUT2D eigenvalue weighted by Crippen LogP contribution is -2.31. The lowest BCUT2D eigenvalue weighted by Gasteiger charge is -2.08. The lowest BCUT2D eigenvalue weighted by atomic mass is 10.1. The van der Waals surface area contributed by atoms with Crippen LogP contribution in [0.1, 0.15) is 16.8 Å². The van der Waals surface area contributed by atoms with Gasteiger partial charge in [0.2, 0.25) is 0 Å². The van der Waals surface area contributed by atoms with Crippen LogP contribution in [0.25, 0.3) is 11.3 Å². The number of hydrogen-bond acceptors (Lipinski definition) is 4. The quantitative estimate of drug-likeness (QED) is 0.573. The number of nitrogens with one attached hydrogen (secondary N) is 3. The molecule has 6 heteroatoms. The van der Waals surface area contributed by atoms with Gasteiger partial charge in [0.25, 0.3) is 11.5 Å². The van der Waals surface area contributed by atoms with Crippen LogP contribution in [0, 0.1) is 0 Å². The maximum Gasteiger partial charge on any atom is 0.261 e. The molecule has 0 aliphatic carbocycles. The van der Waals surface area contributed by atoms with Gasteiger partial charge < -0.3 is 15.6 Å². The number of hydrogen-bond donors (Lipinski definition) is 3. The van der Waals surface area contributed by atoms with Crippen molar-refractivity contribution in [3.8, 4) is 11.3 Å². The minimum Gasteiger partial charge on any atom is -0.384 e. The summed E-state index contributed by atoms with van der Waals surface area (Å²) in [7, 11) is 0. The summed E-state index contributed by atoms with van der Waals surface area (Å²) >= 11 is 0. The maximum absolute atomic E-state index is 12.2. The van der Waals surface area contributed by atoms with Gasteiger partial charge in [0.05, 0.1) is 5.69 Å². The second-order valence-electron chi connectivity index (χ2n) is 5.76. The van der Waals surface area contributed by atoms with Crippen molar-refractivity contribution in [2.24, 2.45) is 0 Å². The first-order valence-corrected chi connectivity index (χ1v) is 8.45. The largest absolute Gasteiger partial charge is 0.384 e. The minimum atomic E-state index is -0.391. The predicted molar refractivity (Wildman–Crippen MR) is 102 cm³/mol. The number of carbonyl (C=O) groups is 1. The second-order valence-corrected chi connectivity index (χ2v) is 5.76. The van der Waals surface area contributed by atoms with Crippen LogP contribution >= 0.6 is 0 Å². The number of nitrogens with zero attached hydrogens (tertiary/aromatic N) is 1. The van der Waals surface area contributed by atoms with Crippen molar-refractivity contribution in [1.82, 2.24) is 15.3 Å². The molecule has 0 unspecified atom stereocenters. The van der Waals surface area contributed by atoms with Crippen molar-refractivity contribution in [2.75, 3.05) is 18.4 Å². The number of amides is 1. The van der Waals surface area contributed by atoms with E-state index in [9.17, 15) is 9.59 Å². The van der Waals surface area contributed by atoms with Gasteiger partial charge in [0.1, 0.15) is 5.56 Å². The molecule has 3 N–H and O–H groups in total. The van der Waals surface area contributed by atoms with Crippen LogP contribution in [0.2, 0.25) is 0 Å². The summed E-state index contributed by atoms with van der Waals surface area (Å²) in [6.45, 7) is 1.18. The molecule has 0 radical (unpaired) electrons. The Labute approximate surface area is 151 Å². The van der Waals surface area contributed by atoms with Crippen LogP contribution in [0.15, 0.2) is 71.8 Å². The summed E-state index contributed by atoms with van der Waals surface area (Å²) in [4.78, 5) is 31.2. The Kier molecular flexibility index (Phi) is 5.77. The summed E-state index contributed by atoms with van der Waals surface area (Å²) in [5, 5.41) is 5.98. The first-order chi connectivity index (χ1) is 12.7. The third kappa shape index (κ3) is 4.57. The number of aromatic amines is 1. The van der Waals surface area contributed by atoms with E-state index < -0.39 is 5.56 Å². The molecule has 3 aromatic rings. The monoisotopic (exact) mass is 348 g/mol. The molecule has 6 nitrogen and oxygen atoms in total. The van der Waals surface area contributed by atoms with Gasteiger partial charge in [-0.3, -0.25) is 14.6 Å². The van der Waals surface area contributed by atoms with E-state index in [2.05, 4.69) is 20.6 Å². The van der Waals surface area contributed by atoms with Gasteiger partial charge in [-0.25, -0.2) is 0 Å². The van der Waals surface area contributed by atoms with E-state index in [-0.39, 0.29) is 11.5 Å². The van der Waals surface area contributed by atoms with Crippen molar-refractivity contribution in [3.05, 3.63) is 82.9 Å². The Hall–Kier alpha value is -3.41. The summed E-state index contributed by atoms with van der Waals surface area (Å²) in [5.41, 5.74) is 2.25. The zero-order chi connectivity index (χ0) is 18.2. The highest BCUT2D eigenvalue weighted by molar-refractivity contribution is 5.94. The zero-order valence-corrected chi connectivity index (χ0v) is 14.2. The molecule has 3 rings (SSSR count). The fourth-order valence-corrected chi connectivity index (χ4v) is 2.52. The van der Waals surface area contributed by atoms with Gasteiger partial charge in [-0.15, -0.1) is 0 Å². The number of pyridine rings is 2. The van der Waals surface area contributed by atoms with Crippen molar-refractivity contribution in [1.29, 1.82) is 0 Å². The number of aromatic nitrogens is 2. The van der Waals surface area contributed by atoms with E-state index in [0.717, 1.165) is 17.7 Å². The van der Waals surface area contributed by atoms with E-state index in [1.54, 1.807) is 24.5 Å². The molecule has 0 saturated carbocycles. The second kappa shape index (κ2) is 8.62. The van der Waals surface area contributed by atoms with E-state index in [4.69, 9.17) is 0 Å². The normalized spacial score (nSPS) is 10.3. The topological polar surface area (TPSA) is 86.9 Å². The molecule has 0 bridgehead atoms. The van der Waals surface area contributed by atoms with Gasteiger partial charge in [-0.05, 0) is 36.2 Å². The molecular weight excluding hydrogens is 328 g/mol. The van der Waals surface area contributed by atoms with Crippen LogP contribution in [-0.2, 0) is 0 Å². The molecule has 0 fully saturated rings. The molecule has 132 valence electrons. The summed E-state index contributed by atoms with van der Waals surface area (Å²) in [5.74, 6) is -0.368. The van der Waals surface area contributed by atoms with Gasteiger partial charge >= 0.3 is 0 Å². The molecule has 0 saturated heterocycles. The Morgan fingerprint density at radius 3 is 2.58 bits per heavy atom. The summed E-state index contributed by atoms with van der Waals surface area (Å²) < 4.78 is 0.